The van der Waals surface area contributed by atoms with Gasteiger partial charge in [-0.15, -0.1) is 0 Å². The van der Waals surface area contributed by atoms with Crippen LogP contribution in [0.2, 0.25) is 0 Å². The zero-order valence-corrected chi connectivity index (χ0v) is 16.1. The molecule has 2 aromatic heterocycles. The first-order valence-electron chi connectivity index (χ1n) is 8.73. The summed E-state index contributed by atoms with van der Waals surface area (Å²) >= 11 is 0. The predicted molar refractivity (Wildman–Crippen MR) is 104 cm³/mol. The summed E-state index contributed by atoms with van der Waals surface area (Å²) in [6, 6.07) is 9.54. The van der Waals surface area contributed by atoms with Crippen LogP contribution in [-0.4, -0.2) is 34.8 Å². The van der Waals surface area contributed by atoms with E-state index in [9.17, 15) is 12.8 Å². The molecule has 3 aromatic rings. The fourth-order valence-corrected chi connectivity index (χ4v) is 4.02. The molecule has 0 amide bonds. The summed E-state index contributed by atoms with van der Waals surface area (Å²) in [5.74, 6) is -0.289. The maximum absolute atomic E-state index is 13.1. The second kappa shape index (κ2) is 6.87. The van der Waals surface area contributed by atoms with E-state index in [0.717, 1.165) is 11.1 Å². The lowest BCUT2D eigenvalue weighted by Gasteiger charge is -2.11. The van der Waals surface area contributed by atoms with E-state index >= 15 is 0 Å². The number of aliphatic imine (C=N–C) groups is 1. The molecular formula is C20H17FN4O2S. The summed E-state index contributed by atoms with van der Waals surface area (Å²) in [5.41, 5.74) is 2.79. The van der Waals surface area contributed by atoms with Crippen molar-refractivity contribution in [2.45, 2.75) is 29.9 Å². The van der Waals surface area contributed by atoms with Gasteiger partial charge in [-0.05, 0) is 37.6 Å². The Hall–Kier alpha value is -3.00. The number of benzene rings is 1. The van der Waals surface area contributed by atoms with Gasteiger partial charge >= 0.3 is 0 Å². The van der Waals surface area contributed by atoms with Crippen LogP contribution in [0.4, 0.5) is 10.2 Å². The van der Waals surface area contributed by atoms with E-state index < -0.39 is 21.0 Å². The standard InChI is InChI=1S/C20H17FN4O2S/c1-12(2)28(26,27)15-6-3-13(4-7-15)17-11-24-20-19(25-17)16(10-23-20)14-5-8-18(21)22-9-14/h3-12,16H,1-2H3. The third-order valence-electron chi connectivity index (χ3n) is 4.63. The van der Waals surface area contributed by atoms with Crippen molar-refractivity contribution in [1.29, 1.82) is 0 Å². The number of rotatable bonds is 4. The number of pyridine rings is 1. The van der Waals surface area contributed by atoms with Crippen LogP contribution >= 0.6 is 0 Å². The van der Waals surface area contributed by atoms with E-state index in [1.54, 1.807) is 56.6 Å². The summed E-state index contributed by atoms with van der Waals surface area (Å²) in [5, 5.41) is -0.486. The Morgan fingerprint density at radius 1 is 1.00 bits per heavy atom. The quantitative estimate of drug-likeness (QED) is 0.628. The van der Waals surface area contributed by atoms with Crippen LogP contribution in [-0.2, 0) is 9.84 Å². The van der Waals surface area contributed by atoms with E-state index in [0.29, 0.717) is 17.2 Å². The molecule has 6 nitrogen and oxygen atoms in total. The van der Waals surface area contributed by atoms with Gasteiger partial charge in [-0.1, -0.05) is 18.2 Å². The molecule has 1 atom stereocenters. The highest BCUT2D eigenvalue weighted by atomic mass is 32.2. The maximum atomic E-state index is 13.1. The van der Waals surface area contributed by atoms with Gasteiger partial charge < -0.3 is 0 Å². The van der Waals surface area contributed by atoms with Crippen molar-refractivity contribution >= 4 is 21.9 Å². The Morgan fingerprint density at radius 2 is 1.75 bits per heavy atom. The molecule has 0 saturated carbocycles. The van der Waals surface area contributed by atoms with Gasteiger partial charge in [0.05, 0.1) is 33.6 Å². The van der Waals surface area contributed by atoms with Crippen molar-refractivity contribution in [2.24, 2.45) is 4.99 Å². The number of fused-ring (bicyclic) bond motifs is 1. The first-order chi connectivity index (χ1) is 13.4. The minimum Gasteiger partial charge on any atom is -0.246 e. The zero-order chi connectivity index (χ0) is 19.9. The molecule has 1 aromatic carbocycles. The summed E-state index contributed by atoms with van der Waals surface area (Å²) in [6.07, 6.45) is 4.77. The molecule has 1 aliphatic rings. The van der Waals surface area contributed by atoms with Gasteiger partial charge in [0.2, 0.25) is 5.95 Å². The normalized spacial score (nSPS) is 15.8. The molecule has 0 saturated heterocycles. The highest BCUT2D eigenvalue weighted by Gasteiger charge is 2.25. The van der Waals surface area contributed by atoms with Gasteiger partial charge in [-0.25, -0.2) is 28.4 Å². The molecule has 3 heterocycles. The Kier molecular flexibility index (Phi) is 4.50. The number of hydrogen-bond acceptors (Lipinski definition) is 6. The van der Waals surface area contributed by atoms with Crippen molar-refractivity contribution in [1.82, 2.24) is 15.0 Å². The van der Waals surface area contributed by atoms with Crippen LogP contribution in [0, 0.1) is 5.95 Å². The van der Waals surface area contributed by atoms with Crippen LogP contribution in [0.1, 0.15) is 31.0 Å². The molecule has 0 N–H and O–H groups in total. The smallest absolute Gasteiger partial charge is 0.212 e. The van der Waals surface area contributed by atoms with Crippen LogP contribution in [0.25, 0.3) is 11.3 Å². The topological polar surface area (TPSA) is 85.2 Å². The molecule has 1 aliphatic heterocycles. The highest BCUT2D eigenvalue weighted by molar-refractivity contribution is 7.92. The first-order valence-corrected chi connectivity index (χ1v) is 10.3. The van der Waals surface area contributed by atoms with Gasteiger partial charge in [0.1, 0.15) is 0 Å². The summed E-state index contributed by atoms with van der Waals surface area (Å²) < 4.78 is 37.7. The van der Waals surface area contributed by atoms with E-state index in [1.807, 2.05) is 0 Å². The Labute approximate surface area is 162 Å². The lowest BCUT2D eigenvalue weighted by atomic mass is 9.99. The van der Waals surface area contributed by atoms with Crippen LogP contribution in [0.3, 0.4) is 0 Å². The van der Waals surface area contributed by atoms with Crippen molar-refractivity contribution in [3.05, 3.63) is 66.0 Å². The van der Waals surface area contributed by atoms with Gasteiger partial charge in [0.15, 0.2) is 15.7 Å². The third kappa shape index (κ3) is 3.20. The summed E-state index contributed by atoms with van der Waals surface area (Å²) in [7, 11) is -3.33. The molecule has 0 bridgehead atoms. The van der Waals surface area contributed by atoms with Crippen molar-refractivity contribution in [3.8, 4) is 11.3 Å². The Balaban J connectivity index is 1.68. The lowest BCUT2D eigenvalue weighted by molar-refractivity contribution is 0.582. The Bertz CT molecular complexity index is 1160. The van der Waals surface area contributed by atoms with E-state index in [1.165, 1.54) is 12.3 Å². The zero-order valence-electron chi connectivity index (χ0n) is 15.2. The van der Waals surface area contributed by atoms with E-state index in [-0.39, 0.29) is 10.8 Å². The molecule has 4 rings (SSSR count). The monoisotopic (exact) mass is 396 g/mol. The number of aromatic nitrogens is 3. The average Bonchev–Trinajstić information content (AvgIpc) is 3.12. The van der Waals surface area contributed by atoms with Crippen molar-refractivity contribution < 1.29 is 12.8 Å². The number of halogens is 1. The fraction of sp³-hybridized carbons (Fsp3) is 0.200. The second-order valence-corrected chi connectivity index (χ2v) is 9.26. The predicted octanol–water partition coefficient (Wildman–Crippen LogP) is 3.71. The highest BCUT2D eigenvalue weighted by Crippen LogP contribution is 2.34. The lowest BCUT2D eigenvalue weighted by Crippen LogP contribution is -2.13. The van der Waals surface area contributed by atoms with Crippen LogP contribution in [0.15, 0.2) is 58.7 Å². The molecule has 8 heteroatoms. The Morgan fingerprint density at radius 3 is 2.39 bits per heavy atom. The van der Waals surface area contributed by atoms with Gasteiger partial charge in [0, 0.05) is 18.0 Å². The van der Waals surface area contributed by atoms with Crippen LogP contribution < -0.4 is 0 Å². The first kappa shape index (κ1) is 18.4. The molecule has 1 unspecified atom stereocenters. The number of nitrogens with zero attached hydrogens (tertiary/aromatic N) is 4. The van der Waals surface area contributed by atoms with Crippen molar-refractivity contribution in [3.63, 3.8) is 0 Å². The maximum Gasteiger partial charge on any atom is 0.212 e. The van der Waals surface area contributed by atoms with Gasteiger partial charge in [-0.3, -0.25) is 0 Å². The fourth-order valence-electron chi connectivity index (χ4n) is 2.96. The SMILES string of the molecule is CC(C)S(=O)(=O)c1ccc(-c2cnc3c(n2)C(c2ccc(F)nc2)C=N3)cc1. The van der Waals surface area contributed by atoms with E-state index in [2.05, 4.69) is 19.9 Å². The minimum absolute atomic E-state index is 0.254. The molecular weight excluding hydrogens is 379 g/mol. The molecule has 0 spiro atoms. The van der Waals surface area contributed by atoms with E-state index in [4.69, 9.17) is 0 Å². The minimum atomic E-state index is -3.33. The summed E-state index contributed by atoms with van der Waals surface area (Å²) in [6.45, 7) is 3.30. The second-order valence-electron chi connectivity index (χ2n) is 6.75. The third-order valence-corrected chi connectivity index (χ3v) is 6.80. The molecule has 0 aliphatic carbocycles. The van der Waals surface area contributed by atoms with Gasteiger partial charge in [0.25, 0.3) is 0 Å². The summed E-state index contributed by atoms with van der Waals surface area (Å²) in [4.78, 5) is 17.3. The number of hydrogen-bond donors (Lipinski definition) is 0. The van der Waals surface area contributed by atoms with Gasteiger partial charge in [-0.2, -0.15) is 4.39 Å². The molecule has 142 valence electrons. The largest absolute Gasteiger partial charge is 0.246 e. The van der Waals surface area contributed by atoms with Crippen molar-refractivity contribution in [2.75, 3.05) is 0 Å². The number of sulfone groups is 1. The molecule has 0 radical (unpaired) electrons. The van der Waals surface area contributed by atoms with Crippen LogP contribution in [0.5, 0.6) is 0 Å². The molecule has 28 heavy (non-hydrogen) atoms. The average molecular weight is 396 g/mol. The molecule has 0 fully saturated rings.